The van der Waals surface area contributed by atoms with E-state index < -0.39 is 21.8 Å². The van der Waals surface area contributed by atoms with E-state index in [4.69, 9.17) is 5.73 Å². The molecule has 0 fully saturated rings. The topological polar surface area (TPSA) is 110 Å². The van der Waals surface area contributed by atoms with Crippen LogP contribution in [-0.2, 0) is 10.0 Å². The number of nitrogens with one attached hydrogen (secondary N) is 1. The van der Waals surface area contributed by atoms with Crippen LogP contribution >= 0.6 is 11.3 Å². The van der Waals surface area contributed by atoms with E-state index >= 15 is 0 Å². The average molecular weight is 458 g/mol. The van der Waals surface area contributed by atoms with Gasteiger partial charge in [0.2, 0.25) is 0 Å². The molecule has 1 aromatic heterocycles. The normalized spacial score (nSPS) is 11.2. The van der Waals surface area contributed by atoms with Gasteiger partial charge >= 0.3 is 0 Å². The second-order valence-electron chi connectivity index (χ2n) is 7.14. The highest BCUT2D eigenvalue weighted by Crippen LogP contribution is 2.32. The Morgan fingerprint density at radius 3 is 2.29 bits per heavy atom. The van der Waals surface area contributed by atoms with Crippen LogP contribution in [0, 0.1) is 20.8 Å². The first kappa shape index (κ1) is 22.5. The largest absolute Gasteiger partial charge is 0.365 e. The highest BCUT2D eigenvalue weighted by atomic mass is 32.2. The van der Waals surface area contributed by atoms with Crippen LogP contribution in [-0.4, -0.2) is 27.3 Å². The van der Waals surface area contributed by atoms with Gasteiger partial charge in [-0.2, -0.15) is 0 Å². The van der Waals surface area contributed by atoms with Crippen molar-refractivity contribution in [2.24, 2.45) is 5.73 Å². The molecule has 0 saturated carbocycles. The Labute approximate surface area is 185 Å². The number of nitrogens with zero attached hydrogens (tertiary/aromatic N) is 1. The Hall–Kier alpha value is -3.17. The molecular weight excluding hydrogens is 434 g/mol. The zero-order valence-electron chi connectivity index (χ0n) is 17.6. The molecule has 9 heteroatoms. The maximum atomic E-state index is 13.1. The van der Waals surface area contributed by atoms with E-state index in [0.717, 1.165) is 10.4 Å². The molecule has 0 spiro atoms. The number of carbonyl (C=O) groups excluding carboxylic acids is 2. The highest BCUT2D eigenvalue weighted by Gasteiger charge is 2.24. The van der Waals surface area contributed by atoms with Crippen molar-refractivity contribution in [1.82, 2.24) is 0 Å². The number of hydrogen-bond acceptors (Lipinski definition) is 5. The fourth-order valence-corrected chi connectivity index (χ4v) is 5.34. The predicted molar refractivity (Wildman–Crippen MR) is 123 cm³/mol. The molecule has 0 bridgehead atoms. The van der Waals surface area contributed by atoms with Crippen molar-refractivity contribution in [2.45, 2.75) is 25.7 Å². The monoisotopic (exact) mass is 457 g/mol. The van der Waals surface area contributed by atoms with Crippen LogP contribution in [0.3, 0.4) is 0 Å². The van der Waals surface area contributed by atoms with Crippen molar-refractivity contribution in [3.8, 4) is 0 Å². The van der Waals surface area contributed by atoms with Gasteiger partial charge in [0.25, 0.3) is 21.8 Å². The van der Waals surface area contributed by atoms with Crippen LogP contribution in [0.5, 0.6) is 0 Å². The minimum Gasteiger partial charge on any atom is -0.365 e. The summed E-state index contributed by atoms with van der Waals surface area (Å²) in [6.45, 7) is 5.51. The van der Waals surface area contributed by atoms with E-state index in [1.807, 2.05) is 26.0 Å². The maximum absolute atomic E-state index is 13.1. The van der Waals surface area contributed by atoms with Gasteiger partial charge in [0.1, 0.15) is 5.00 Å². The summed E-state index contributed by atoms with van der Waals surface area (Å²) in [6, 6.07) is 12.9. The standard InChI is InChI=1S/C22H23N3O4S2/c1-13-8-10-17(11-9-13)25(4)31(28,29)18-7-5-6-16(12-18)21(27)24-22-19(20(23)26)14(2)15(3)30-22/h5-12H,1-4H3,(H2,23,26)(H,24,27). The van der Waals surface area contributed by atoms with Gasteiger partial charge in [-0.15, -0.1) is 11.3 Å². The Morgan fingerprint density at radius 1 is 1.03 bits per heavy atom. The average Bonchev–Trinajstić information content (AvgIpc) is 3.01. The van der Waals surface area contributed by atoms with Crippen molar-refractivity contribution in [1.29, 1.82) is 0 Å². The third-order valence-electron chi connectivity index (χ3n) is 5.01. The lowest BCUT2D eigenvalue weighted by Crippen LogP contribution is -2.27. The van der Waals surface area contributed by atoms with E-state index in [9.17, 15) is 18.0 Å². The van der Waals surface area contributed by atoms with Crippen molar-refractivity contribution >= 4 is 43.9 Å². The summed E-state index contributed by atoms with van der Waals surface area (Å²) in [5.74, 6) is -1.16. The molecule has 0 radical (unpaired) electrons. The molecule has 162 valence electrons. The summed E-state index contributed by atoms with van der Waals surface area (Å²) in [7, 11) is -2.41. The van der Waals surface area contributed by atoms with Crippen molar-refractivity contribution < 1.29 is 18.0 Å². The second-order valence-corrected chi connectivity index (χ2v) is 10.3. The Morgan fingerprint density at radius 2 is 1.68 bits per heavy atom. The molecule has 0 unspecified atom stereocenters. The number of benzene rings is 2. The lowest BCUT2D eigenvalue weighted by molar-refractivity contribution is 0.100. The van der Waals surface area contributed by atoms with Gasteiger partial charge in [0.15, 0.2) is 0 Å². The first-order chi connectivity index (χ1) is 14.5. The summed E-state index contributed by atoms with van der Waals surface area (Å²) in [6.07, 6.45) is 0. The molecule has 0 atom stereocenters. The summed E-state index contributed by atoms with van der Waals surface area (Å²) < 4.78 is 27.3. The smallest absolute Gasteiger partial charge is 0.264 e. The first-order valence-corrected chi connectivity index (χ1v) is 11.6. The highest BCUT2D eigenvalue weighted by molar-refractivity contribution is 7.92. The van der Waals surface area contributed by atoms with Gasteiger partial charge in [-0.3, -0.25) is 13.9 Å². The van der Waals surface area contributed by atoms with E-state index in [-0.39, 0.29) is 16.0 Å². The number of anilines is 2. The van der Waals surface area contributed by atoms with Gasteiger partial charge in [0.05, 0.1) is 16.1 Å². The van der Waals surface area contributed by atoms with Gasteiger partial charge < -0.3 is 11.1 Å². The van der Waals surface area contributed by atoms with Gasteiger partial charge in [-0.05, 0) is 56.7 Å². The molecule has 0 aliphatic heterocycles. The minimum absolute atomic E-state index is 0.0168. The third kappa shape index (κ3) is 4.47. The van der Waals surface area contributed by atoms with E-state index in [1.165, 1.54) is 47.0 Å². The lowest BCUT2D eigenvalue weighted by atomic mass is 10.1. The predicted octanol–water partition coefficient (Wildman–Crippen LogP) is 3.85. The van der Waals surface area contributed by atoms with E-state index in [2.05, 4.69) is 5.32 Å². The Kier molecular flexibility index (Phi) is 6.19. The number of carbonyl (C=O) groups is 2. The number of aryl methyl sites for hydroxylation is 2. The molecule has 7 nitrogen and oxygen atoms in total. The summed E-state index contributed by atoms with van der Waals surface area (Å²) in [4.78, 5) is 25.4. The third-order valence-corrected chi connectivity index (χ3v) is 7.92. The maximum Gasteiger partial charge on any atom is 0.264 e. The number of primary amides is 1. The molecule has 0 saturated heterocycles. The zero-order valence-corrected chi connectivity index (χ0v) is 19.2. The summed E-state index contributed by atoms with van der Waals surface area (Å²) in [5, 5.41) is 3.03. The number of amides is 2. The van der Waals surface area contributed by atoms with Crippen LogP contribution in [0.1, 0.15) is 36.7 Å². The lowest BCUT2D eigenvalue weighted by Gasteiger charge is -2.20. The molecule has 3 N–H and O–H groups in total. The minimum atomic E-state index is -3.88. The molecule has 1 heterocycles. The van der Waals surface area contributed by atoms with Crippen LogP contribution in [0.4, 0.5) is 10.7 Å². The molecule has 0 aliphatic rings. The van der Waals surface area contributed by atoms with Crippen LogP contribution in [0.15, 0.2) is 53.4 Å². The summed E-state index contributed by atoms with van der Waals surface area (Å²) >= 11 is 1.25. The number of thiophene rings is 1. The molecule has 31 heavy (non-hydrogen) atoms. The fraction of sp³-hybridized carbons (Fsp3) is 0.182. The van der Waals surface area contributed by atoms with Gasteiger partial charge in [-0.1, -0.05) is 23.8 Å². The molecule has 2 amide bonds. The van der Waals surface area contributed by atoms with Gasteiger partial charge in [-0.25, -0.2) is 8.42 Å². The first-order valence-electron chi connectivity index (χ1n) is 9.39. The van der Waals surface area contributed by atoms with Crippen molar-refractivity contribution in [3.05, 3.63) is 75.7 Å². The molecule has 0 aliphatic carbocycles. The van der Waals surface area contributed by atoms with Crippen LogP contribution in [0.2, 0.25) is 0 Å². The number of hydrogen-bond donors (Lipinski definition) is 2. The number of sulfonamides is 1. The molecule has 2 aromatic carbocycles. The van der Waals surface area contributed by atoms with Crippen LogP contribution < -0.4 is 15.4 Å². The Bertz CT molecular complexity index is 1260. The second kappa shape index (κ2) is 8.52. The number of nitrogens with two attached hydrogens (primary N) is 1. The van der Waals surface area contributed by atoms with Crippen molar-refractivity contribution in [2.75, 3.05) is 16.7 Å². The molecule has 3 rings (SSSR count). The quantitative estimate of drug-likeness (QED) is 0.586. The SMILES string of the molecule is Cc1ccc(N(C)S(=O)(=O)c2cccc(C(=O)Nc3sc(C)c(C)c3C(N)=O)c2)cc1. The number of rotatable bonds is 6. The van der Waals surface area contributed by atoms with E-state index in [0.29, 0.717) is 16.3 Å². The van der Waals surface area contributed by atoms with Crippen molar-refractivity contribution in [3.63, 3.8) is 0 Å². The van der Waals surface area contributed by atoms with Gasteiger partial charge in [0, 0.05) is 17.5 Å². The zero-order chi connectivity index (χ0) is 22.9. The Balaban J connectivity index is 1.91. The van der Waals surface area contributed by atoms with Crippen LogP contribution in [0.25, 0.3) is 0 Å². The fourth-order valence-electron chi connectivity index (χ4n) is 3.04. The van der Waals surface area contributed by atoms with E-state index in [1.54, 1.807) is 19.1 Å². The molecular formula is C22H23N3O4S2. The summed E-state index contributed by atoms with van der Waals surface area (Å²) in [5.41, 5.74) is 8.11. The molecule has 3 aromatic rings.